The Balaban J connectivity index is 2.50. The third-order valence-electron chi connectivity index (χ3n) is 2.78. The first kappa shape index (κ1) is 15.5. The highest BCUT2D eigenvalue weighted by Crippen LogP contribution is 2.38. The van der Waals surface area contributed by atoms with Crippen LogP contribution in [0.5, 0.6) is 5.75 Å². The van der Waals surface area contributed by atoms with E-state index in [1.165, 1.54) is 7.11 Å². The number of halogens is 5. The van der Waals surface area contributed by atoms with Crippen molar-refractivity contribution >= 4 is 39.1 Å². The highest BCUT2D eigenvalue weighted by atomic mass is 79.9. The van der Waals surface area contributed by atoms with Crippen molar-refractivity contribution in [2.24, 2.45) is 0 Å². The van der Waals surface area contributed by atoms with Gasteiger partial charge in [-0.05, 0) is 17.7 Å². The number of ether oxygens (including phenoxy) is 1. The van der Waals surface area contributed by atoms with E-state index in [2.05, 4.69) is 15.9 Å². The summed E-state index contributed by atoms with van der Waals surface area (Å²) < 4.78 is 33.4. The van der Waals surface area contributed by atoms with Gasteiger partial charge in [-0.1, -0.05) is 33.6 Å². The second kappa shape index (κ2) is 6.29. The van der Waals surface area contributed by atoms with Crippen molar-refractivity contribution in [3.05, 3.63) is 62.6 Å². The van der Waals surface area contributed by atoms with Gasteiger partial charge < -0.3 is 4.74 Å². The SMILES string of the molecule is COc1cc(F)c(C(Cl)c2ccc(Cl)cc2Br)c(F)c1. The monoisotopic (exact) mass is 380 g/mol. The molecular formula is C14H9BrCl2F2O. The molecule has 0 bridgehead atoms. The molecule has 0 saturated heterocycles. The van der Waals surface area contributed by atoms with Gasteiger partial charge in [0.15, 0.2) is 0 Å². The van der Waals surface area contributed by atoms with Crippen molar-refractivity contribution in [3.63, 3.8) is 0 Å². The van der Waals surface area contributed by atoms with Gasteiger partial charge in [-0.15, -0.1) is 11.6 Å². The molecule has 0 N–H and O–H groups in total. The Morgan fingerprint density at radius 3 is 2.25 bits per heavy atom. The van der Waals surface area contributed by atoms with Crippen LogP contribution in [-0.4, -0.2) is 7.11 Å². The summed E-state index contributed by atoms with van der Waals surface area (Å²) in [7, 11) is 1.34. The first-order chi connectivity index (χ1) is 9.43. The van der Waals surface area contributed by atoms with Gasteiger partial charge in [-0.2, -0.15) is 0 Å². The molecule has 0 heterocycles. The lowest BCUT2D eigenvalue weighted by Gasteiger charge is -2.15. The van der Waals surface area contributed by atoms with Gasteiger partial charge in [-0.3, -0.25) is 0 Å². The highest BCUT2D eigenvalue weighted by molar-refractivity contribution is 9.10. The molecule has 106 valence electrons. The third kappa shape index (κ3) is 3.08. The fourth-order valence-corrected chi connectivity index (χ4v) is 3.23. The molecule has 2 rings (SSSR count). The first-order valence-corrected chi connectivity index (χ1v) is 7.16. The molecule has 20 heavy (non-hydrogen) atoms. The molecular weight excluding hydrogens is 373 g/mol. The molecule has 0 spiro atoms. The van der Waals surface area contributed by atoms with Crippen LogP contribution in [0.15, 0.2) is 34.8 Å². The summed E-state index contributed by atoms with van der Waals surface area (Å²) in [5.41, 5.74) is 0.300. The Bertz CT molecular complexity index is 626. The summed E-state index contributed by atoms with van der Waals surface area (Å²) in [5.74, 6) is -1.42. The van der Waals surface area contributed by atoms with Gasteiger partial charge in [0.25, 0.3) is 0 Å². The number of rotatable bonds is 3. The van der Waals surface area contributed by atoms with Crippen LogP contribution in [0.3, 0.4) is 0 Å². The van der Waals surface area contributed by atoms with Crippen LogP contribution in [0.1, 0.15) is 16.5 Å². The molecule has 0 aliphatic heterocycles. The number of methoxy groups -OCH3 is 1. The van der Waals surface area contributed by atoms with E-state index in [4.69, 9.17) is 27.9 Å². The van der Waals surface area contributed by atoms with E-state index in [1.807, 2.05) is 0 Å². The molecule has 0 fully saturated rings. The maximum atomic E-state index is 14.0. The van der Waals surface area contributed by atoms with Gasteiger partial charge in [0, 0.05) is 27.2 Å². The predicted octanol–water partition coefficient (Wildman–Crippen LogP) is 5.72. The molecule has 0 amide bonds. The minimum absolute atomic E-state index is 0.0998. The molecule has 1 unspecified atom stereocenters. The van der Waals surface area contributed by atoms with Gasteiger partial charge in [0.2, 0.25) is 0 Å². The molecule has 0 aromatic heterocycles. The highest BCUT2D eigenvalue weighted by Gasteiger charge is 2.23. The Morgan fingerprint density at radius 1 is 1.15 bits per heavy atom. The maximum absolute atomic E-state index is 14.0. The smallest absolute Gasteiger partial charge is 0.134 e. The topological polar surface area (TPSA) is 9.23 Å². The zero-order valence-corrected chi connectivity index (χ0v) is 13.4. The molecule has 0 saturated carbocycles. The van der Waals surface area contributed by atoms with Crippen molar-refractivity contribution < 1.29 is 13.5 Å². The molecule has 1 atom stereocenters. The number of hydrogen-bond donors (Lipinski definition) is 0. The van der Waals surface area contributed by atoms with Crippen LogP contribution >= 0.6 is 39.1 Å². The third-order valence-corrected chi connectivity index (χ3v) is 4.15. The van der Waals surface area contributed by atoms with Gasteiger partial charge in [-0.25, -0.2) is 8.78 Å². The van der Waals surface area contributed by atoms with Crippen molar-refractivity contribution in [3.8, 4) is 5.75 Å². The van der Waals surface area contributed by atoms with Crippen LogP contribution in [0.2, 0.25) is 5.02 Å². The van der Waals surface area contributed by atoms with Crippen LogP contribution in [0.25, 0.3) is 0 Å². The fourth-order valence-electron chi connectivity index (χ4n) is 1.78. The standard InChI is InChI=1S/C14H9BrCl2F2O/c1-20-8-5-11(18)13(12(19)6-8)14(17)9-3-2-7(16)4-10(9)15/h2-6,14H,1H3. The second-order valence-corrected chi connectivity index (χ2v) is 5.76. The van der Waals surface area contributed by atoms with Crippen LogP contribution in [0, 0.1) is 11.6 Å². The summed E-state index contributed by atoms with van der Waals surface area (Å²) in [6, 6.07) is 7.03. The number of benzene rings is 2. The Kier molecular flexibility index (Phi) is 4.89. The zero-order chi connectivity index (χ0) is 14.9. The normalized spacial score (nSPS) is 12.3. The molecule has 1 nitrogen and oxygen atoms in total. The van der Waals surface area contributed by atoms with E-state index in [0.29, 0.717) is 15.1 Å². The molecule has 0 radical (unpaired) electrons. The predicted molar refractivity (Wildman–Crippen MR) is 79.8 cm³/mol. The van der Waals surface area contributed by atoms with E-state index >= 15 is 0 Å². The summed E-state index contributed by atoms with van der Waals surface area (Å²) in [6.07, 6.45) is 0. The lowest BCUT2D eigenvalue weighted by Crippen LogP contribution is -2.03. The lowest BCUT2D eigenvalue weighted by atomic mass is 10.0. The van der Waals surface area contributed by atoms with Crippen LogP contribution in [0.4, 0.5) is 8.78 Å². The Morgan fingerprint density at radius 2 is 1.75 bits per heavy atom. The van der Waals surface area contributed by atoms with Gasteiger partial charge in [0.05, 0.1) is 12.5 Å². The largest absolute Gasteiger partial charge is 0.497 e. The van der Waals surface area contributed by atoms with E-state index in [9.17, 15) is 8.78 Å². The summed E-state index contributed by atoms with van der Waals surface area (Å²) in [6.45, 7) is 0. The van der Waals surface area contributed by atoms with E-state index < -0.39 is 17.0 Å². The molecule has 6 heteroatoms. The first-order valence-electron chi connectivity index (χ1n) is 5.56. The average Bonchev–Trinajstić information content (AvgIpc) is 2.37. The van der Waals surface area contributed by atoms with Crippen molar-refractivity contribution in [1.82, 2.24) is 0 Å². The van der Waals surface area contributed by atoms with Crippen LogP contribution in [-0.2, 0) is 0 Å². The summed E-state index contributed by atoms with van der Waals surface area (Å²) in [5, 5.41) is -0.479. The molecule has 2 aromatic rings. The summed E-state index contributed by atoms with van der Waals surface area (Å²) >= 11 is 15.3. The number of alkyl halides is 1. The van der Waals surface area contributed by atoms with Crippen molar-refractivity contribution in [1.29, 1.82) is 0 Å². The van der Waals surface area contributed by atoms with E-state index in [-0.39, 0.29) is 11.3 Å². The van der Waals surface area contributed by atoms with Crippen molar-refractivity contribution in [2.45, 2.75) is 5.38 Å². The minimum Gasteiger partial charge on any atom is -0.497 e. The van der Waals surface area contributed by atoms with Gasteiger partial charge >= 0.3 is 0 Å². The summed E-state index contributed by atoms with van der Waals surface area (Å²) in [4.78, 5) is 0. The lowest BCUT2D eigenvalue weighted by molar-refractivity contribution is 0.405. The van der Waals surface area contributed by atoms with E-state index in [1.54, 1.807) is 18.2 Å². The fraction of sp³-hybridized carbons (Fsp3) is 0.143. The number of hydrogen-bond acceptors (Lipinski definition) is 1. The van der Waals surface area contributed by atoms with Gasteiger partial charge in [0.1, 0.15) is 17.4 Å². The molecule has 0 aliphatic carbocycles. The molecule has 0 aliphatic rings. The Hall–Kier alpha value is -0.840. The molecule has 2 aromatic carbocycles. The average molecular weight is 382 g/mol. The maximum Gasteiger partial charge on any atom is 0.134 e. The quantitative estimate of drug-likeness (QED) is 0.618. The van der Waals surface area contributed by atoms with Crippen LogP contribution < -0.4 is 4.74 Å². The minimum atomic E-state index is -0.979. The zero-order valence-electron chi connectivity index (χ0n) is 10.3. The Labute approximate surface area is 133 Å². The van der Waals surface area contributed by atoms with E-state index in [0.717, 1.165) is 12.1 Å². The second-order valence-electron chi connectivity index (χ2n) is 4.03. The van der Waals surface area contributed by atoms with Crippen molar-refractivity contribution in [2.75, 3.05) is 7.11 Å².